The molecule has 2 rings (SSSR count). The van der Waals surface area contributed by atoms with E-state index in [0.29, 0.717) is 5.57 Å². The quantitative estimate of drug-likeness (QED) is 0.400. The highest BCUT2D eigenvalue weighted by Gasteiger charge is 2.52. The minimum absolute atomic E-state index is 0.364. The zero-order valence-corrected chi connectivity index (χ0v) is 17.7. The Morgan fingerprint density at radius 3 is 2.10 bits per heavy atom. The van der Waals surface area contributed by atoms with Crippen molar-refractivity contribution in [2.75, 3.05) is 6.61 Å². The molecule has 12 heteroatoms. The smallest absolute Gasteiger partial charge is 0.333 e. The fraction of sp³-hybridized carbons (Fsp3) is 0.632. The van der Waals surface area contributed by atoms with Crippen molar-refractivity contribution in [3.05, 3.63) is 11.6 Å². The zero-order valence-electron chi connectivity index (χ0n) is 17.7. The lowest BCUT2D eigenvalue weighted by molar-refractivity contribution is -0.303. The fourth-order valence-electron chi connectivity index (χ4n) is 3.15. The molecule has 6 atom stereocenters. The number of amides is 1. The summed E-state index contributed by atoms with van der Waals surface area (Å²) < 4.78 is 32.2. The molecular formula is C19H25NO11. The first-order valence-electron chi connectivity index (χ1n) is 9.42. The number of cyclic esters (lactones) is 1. The minimum Gasteiger partial charge on any atom is -0.463 e. The molecule has 0 aliphatic carbocycles. The van der Waals surface area contributed by atoms with E-state index in [1.54, 1.807) is 6.92 Å². The maximum absolute atomic E-state index is 11.8. The predicted octanol–water partition coefficient (Wildman–Crippen LogP) is -0.512. The molecule has 2 heterocycles. The highest BCUT2D eigenvalue weighted by atomic mass is 16.8. The highest BCUT2D eigenvalue weighted by Crippen LogP contribution is 2.30. The molecule has 0 saturated carbocycles. The van der Waals surface area contributed by atoms with E-state index in [9.17, 15) is 24.0 Å². The van der Waals surface area contributed by atoms with Crippen LogP contribution in [0.4, 0.5) is 0 Å². The Bertz CT molecular complexity index is 777. The molecule has 0 bridgehead atoms. The largest absolute Gasteiger partial charge is 0.463 e. The van der Waals surface area contributed by atoms with Crippen molar-refractivity contribution >= 4 is 29.8 Å². The van der Waals surface area contributed by atoms with Crippen molar-refractivity contribution in [1.29, 1.82) is 0 Å². The first-order valence-corrected chi connectivity index (χ1v) is 9.42. The topological polar surface area (TPSA) is 153 Å². The van der Waals surface area contributed by atoms with Crippen LogP contribution in [0.25, 0.3) is 0 Å². The van der Waals surface area contributed by atoms with Crippen LogP contribution in [-0.4, -0.2) is 73.3 Å². The van der Waals surface area contributed by atoms with E-state index >= 15 is 0 Å². The molecular weight excluding hydrogens is 418 g/mol. The van der Waals surface area contributed by atoms with Gasteiger partial charge in [0.1, 0.15) is 18.8 Å². The van der Waals surface area contributed by atoms with Crippen LogP contribution in [-0.2, 0) is 52.4 Å². The molecule has 12 nitrogen and oxygen atoms in total. The molecule has 1 saturated heterocycles. The van der Waals surface area contributed by atoms with Gasteiger partial charge in [0, 0.05) is 39.3 Å². The predicted molar refractivity (Wildman–Crippen MR) is 98.7 cm³/mol. The van der Waals surface area contributed by atoms with E-state index in [-0.39, 0.29) is 6.61 Å². The second kappa shape index (κ2) is 10.4. The van der Waals surface area contributed by atoms with Gasteiger partial charge in [-0.2, -0.15) is 0 Å². The van der Waals surface area contributed by atoms with Gasteiger partial charge in [-0.05, 0) is 6.92 Å². The van der Waals surface area contributed by atoms with E-state index in [0.717, 1.165) is 13.8 Å². The first-order chi connectivity index (χ1) is 14.5. The summed E-state index contributed by atoms with van der Waals surface area (Å²) in [5.41, 5.74) is 0.442. The molecule has 1 fully saturated rings. The number of carbonyl (C=O) groups excluding carboxylic acids is 5. The number of rotatable bonds is 7. The van der Waals surface area contributed by atoms with Crippen molar-refractivity contribution in [1.82, 2.24) is 5.32 Å². The summed E-state index contributed by atoms with van der Waals surface area (Å²) in [4.78, 5) is 58.1. The SMILES string of the molecule is CC(=O)N[C@H]1[C@@H](O[C@@H]2OC(=O)C=C2C)O[C@H](COC(C)=O)[C@@H](OC(C)=O)[C@@H]1OC(C)=O. The third-order valence-electron chi connectivity index (χ3n) is 4.27. The first kappa shape index (κ1) is 24.3. The number of carbonyl (C=O) groups is 5. The summed E-state index contributed by atoms with van der Waals surface area (Å²) in [5.74, 6) is -3.22. The monoisotopic (exact) mass is 443 g/mol. The van der Waals surface area contributed by atoms with Crippen molar-refractivity contribution in [3.8, 4) is 0 Å². The van der Waals surface area contributed by atoms with E-state index in [1.165, 1.54) is 19.9 Å². The Balaban J connectivity index is 2.40. The van der Waals surface area contributed by atoms with Gasteiger partial charge >= 0.3 is 23.9 Å². The van der Waals surface area contributed by atoms with Crippen LogP contribution in [0.5, 0.6) is 0 Å². The Morgan fingerprint density at radius 1 is 1.00 bits per heavy atom. The summed E-state index contributed by atoms with van der Waals surface area (Å²) in [7, 11) is 0. The van der Waals surface area contributed by atoms with Gasteiger partial charge < -0.3 is 33.7 Å². The van der Waals surface area contributed by atoms with E-state index < -0.39 is 66.7 Å². The van der Waals surface area contributed by atoms with Crippen LogP contribution in [0, 0.1) is 0 Å². The summed E-state index contributed by atoms with van der Waals surface area (Å²) in [6.45, 7) is 5.88. The molecule has 0 aromatic rings. The van der Waals surface area contributed by atoms with E-state index in [2.05, 4.69) is 5.32 Å². The summed E-state index contributed by atoms with van der Waals surface area (Å²) in [5, 5.41) is 2.55. The van der Waals surface area contributed by atoms with Crippen molar-refractivity contribution in [3.63, 3.8) is 0 Å². The maximum Gasteiger partial charge on any atom is 0.333 e. The van der Waals surface area contributed by atoms with Crippen LogP contribution in [0.3, 0.4) is 0 Å². The Kier molecular flexibility index (Phi) is 8.11. The standard InChI is InChI=1S/C19H25NO11/c1-8-6-14(25)30-18(8)31-19-15(20-9(2)21)17(28-12(5)24)16(27-11(4)23)13(29-19)7-26-10(3)22/h6,13,15-19H,7H2,1-5H3,(H,20,21)/t13-,15-,16-,17-,18+,19-/m1/s1. The minimum atomic E-state index is -1.32. The van der Waals surface area contributed by atoms with Crippen LogP contribution < -0.4 is 5.32 Å². The molecule has 0 unspecified atom stereocenters. The van der Waals surface area contributed by atoms with Crippen LogP contribution in [0.15, 0.2) is 11.6 Å². The number of hydrogen-bond donors (Lipinski definition) is 1. The van der Waals surface area contributed by atoms with Crippen molar-refractivity contribution in [2.24, 2.45) is 0 Å². The van der Waals surface area contributed by atoms with Gasteiger partial charge in [-0.15, -0.1) is 0 Å². The number of esters is 4. The van der Waals surface area contributed by atoms with Gasteiger partial charge in [-0.1, -0.05) is 0 Å². The summed E-state index contributed by atoms with van der Waals surface area (Å²) in [6.07, 6.45) is -4.83. The van der Waals surface area contributed by atoms with Gasteiger partial charge in [0.25, 0.3) is 0 Å². The number of nitrogens with one attached hydrogen (secondary N) is 1. The second-order valence-electron chi connectivity index (χ2n) is 7.01. The van der Waals surface area contributed by atoms with Crippen LogP contribution >= 0.6 is 0 Å². The average Bonchev–Trinajstić information content (AvgIpc) is 2.94. The third kappa shape index (κ3) is 6.76. The maximum atomic E-state index is 11.8. The van der Waals surface area contributed by atoms with Gasteiger partial charge in [0.05, 0.1) is 0 Å². The Labute approximate surface area is 178 Å². The normalized spacial score (nSPS) is 30.0. The Morgan fingerprint density at radius 2 is 1.61 bits per heavy atom. The molecule has 2 aliphatic rings. The van der Waals surface area contributed by atoms with Crippen LogP contribution in [0.1, 0.15) is 34.6 Å². The molecule has 0 aromatic carbocycles. The summed E-state index contributed by atoms with van der Waals surface area (Å²) >= 11 is 0. The Hall–Kier alpha value is -2.99. The lowest BCUT2D eigenvalue weighted by atomic mass is 9.96. The average molecular weight is 443 g/mol. The molecule has 1 N–H and O–H groups in total. The fourth-order valence-corrected chi connectivity index (χ4v) is 3.15. The van der Waals surface area contributed by atoms with Gasteiger partial charge in [-0.25, -0.2) is 4.79 Å². The van der Waals surface area contributed by atoms with E-state index in [4.69, 9.17) is 28.4 Å². The molecule has 2 aliphatic heterocycles. The number of hydrogen-bond acceptors (Lipinski definition) is 11. The lowest BCUT2D eigenvalue weighted by Crippen LogP contribution is -2.67. The van der Waals surface area contributed by atoms with Gasteiger partial charge in [-0.3, -0.25) is 19.2 Å². The molecule has 0 spiro atoms. The molecule has 0 aromatic heterocycles. The third-order valence-corrected chi connectivity index (χ3v) is 4.27. The molecule has 172 valence electrons. The highest BCUT2D eigenvalue weighted by molar-refractivity contribution is 5.85. The second-order valence-corrected chi connectivity index (χ2v) is 7.01. The number of ether oxygens (including phenoxy) is 6. The zero-order chi connectivity index (χ0) is 23.3. The summed E-state index contributed by atoms with van der Waals surface area (Å²) in [6, 6.07) is -1.15. The lowest BCUT2D eigenvalue weighted by Gasteiger charge is -2.45. The van der Waals surface area contributed by atoms with Gasteiger partial charge in [0.15, 0.2) is 18.5 Å². The van der Waals surface area contributed by atoms with Crippen molar-refractivity contribution < 1.29 is 52.4 Å². The van der Waals surface area contributed by atoms with Crippen LogP contribution in [0.2, 0.25) is 0 Å². The molecule has 1 amide bonds. The van der Waals surface area contributed by atoms with E-state index in [1.807, 2.05) is 0 Å². The van der Waals surface area contributed by atoms with Gasteiger partial charge in [0.2, 0.25) is 12.2 Å². The van der Waals surface area contributed by atoms with Crippen molar-refractivity contribution in [2.45, 2.75) is 71.6 Å². The molecule has 0 radical (unpaired) electrons. The molecule has 31 heavy (non-hydrogen) atoms.